The van der Waals surface area contributed by atoms with E-state index in [1.54, 1.807) is 4.90 Å². The lowest BCUT2D eigenvalue weighted by atomic mass is 10.2. The van der Waals surface area contributed by atoms with Gasteiger partial charge in [-0.3, -0.25) is 4.79 Å². The molecule has 6 nitrogen and oxygen atoms in total. The Morgan fingerprint density at radius 3 is 2.29 bits per heavy atom. The van der Waals surface area contributed by atoms with Gasteiger partial charge in [-0.25, -0.2) is 9.97 Å². The van der Waals surface area contributed by atoms with Gasteiger partial charge in [-0.15, -0.1) is 0 Å². The quantitative estimate of drug-likeness (QED) is 0.632. The van der Waals surface area contributed by atoms with E-state index in [2.05, 4.69) is 15.3 Å². The average Bonchev–Trinajstić information content (AvgIpc) is 2.75. The average molecular weight is 374 g/mol. The molecule has 0 fully saturated rings. The fourth-order valence-corrected chi connectivity index (χ4v) is 2.61. The molecule has 1 heterocycles. The Morgan fingerprint density at radius 1 is 1.00 bits per heavy atom. The SMILES string of the molecule is O=C(c1cnc(Nc2ccccc2)nc1)N(C/C=C/c1ccccc1)CCO. The predicted octanol–water partition coefficient (Wildman–Crippen LogP) is 3.37. The largest absolute Gasteiger partial charge is 0.395 e. The van der Waals surface area contributed by atoms with Crippen molar-refractivity contribution in [3.8, 4) is 0 Å². The van der Waals surface area contributed by atoms with Crippen LogP contribution in [0.1, 0.15) is 15.9 Å². The van der Waals surface area contributed by atoms with E-state index in [0.717, 1.165) is 11.3 Å². The standard InChI is InChI=1S/C22H22N4O2/c27-15-14-26(13-7-10-18-8-3-1-4-9-18)21(28)19-16-23-22(24-17-19)25-20-11-5-2-6-12-20/h1-12,16-17,27H,13-15H2,(H,23,24,25)/b10-7+. The molecule has 3 aromatic rings. The third kappa shape index (κ3) is 5.49. The van der Waals surface area contributed by atoms with E-state index in [-0.39, 0.29) is 19.1 Å². The Bertz CT molecular complexity index is 897. The van der Waals surface area contributed by atoms with Crippen molar-refractivity contribution >= 4 is 23.6 Å². The summed E-state index contributed by atoms with van der Waals surface area (Å²) in [6.45, 7) is 0.514. The number of hydrogen-bond donors (Lipinski definition) is 2. The lowest BCUT2D eigenvalue weighted by Gasteiger charge is -2.20. The molecule has 6 heteroatoms. The van der Waals surface area contributed by atoms with Crippen LogP contribution in [0.25, 0.3) is 6.08 Å². The smallest absolute Gasteiger partial charge is 0.257 e. The van der Waals surface area contributed by atoms with Crippen LogP contribution in [0.3, 0.4) is 0 Å². The van der Waals surface area contributed by atoms with Gasteiger partial charge >= 0.3 is 0 Å². The second kappa shape index (κ2) is 9.99. The number of amides is 1. The van der Waals surface area contributed by atoms with E-state index in [9.17, 15) is 9.90 Å². The Kier molecular flexibility index (Phi) is 6.87. The minimum atomic E-state index is -0.224. The van der Waals surface area contributed by atoms with Gasteiger partial charge in [0.1, 0.15) is 0 Å². The molecule has 142 valence electrons. The number of carbonyl (C=O) groups is 1. The highest BCUT2D eigenvalue weighted by Crippen LogP contribution is 2.12. The molecule has 2 aromatic carbocycles. The molecule has 2 N–H and O–H groups in total. The number of carbonyl (C=O) groups excluding carboxylic acids is 1. The van der Waals surface area contributed by atoms with Gasteiger partial charge in [0, 0.05) is 31.2 Å². The first-order valence-electron chi connectivity index (χ1n) is 9.02. The number of benzene rings is 2. The lowest BCUT2D eigenvalue weighted by molar-refractivity contribution is 0.0742. The van der Waals surface area contributed by atoms with E-state index >= 15 is 0 Å². The Hall–Kier alpha value is -3.51. The number of aromatic nitrogens is 2. The number of aliphatic hydroxyl groups is 1. The van der Waals surface area contributed by atoms with Crippen molar-refractivity contribution in [1.29, 1.82) is 0 Å². The fourth-order valence-electron chi connectivity index (χ4n) is 2.61. The van der Waals surface area contributed by atoms with Crippen molar-refractivity contribution in [2.45, 2.75) is 0 Å². The molecular formula is C22H22N4O2. The number of rotatable bonds is 8. The second-order valence-electron chi connectivity index (χ2n) is 6.07. The van der Waals surface area contributed by atoms with Gasteiger partial charge in [-0.05, 0) is 17.7 Å². The van der Waals surface area contributed by atoms with E-state index in [1.165, 1.54) is 12.4 Å². The van der Waals surface area contributed by atoms with Crippen LogP contribution in [0.2, 0.25) is 0 Å². The summed E-state index contributed by atoms with van der Waals surface area (Å²) in [6, 6.07) is 19.4. The van der Waals surface area contributed by atoms with Crippen LogP contribution in [-0.4, -0.2) is 45.6 Å². The van der Waals surface area contributed by atoms with Crippen molar-refractivity contribution in [2.75, 3.05) is 25.0 Å². The molecule has 3 rings (SSSR count). The molecule has 0 aliphatic heterocycles. The highest BCUT2D eigenvalue weighted by molar-refractivity contribution is 5.93. The summed E-state index contributed by atoms with van der Waals surface area (Å²) in [4.78, 5) is 22.7. The van der Waals surface area contributed by atoms with E-state index in [0.29, 0.717) is 18.1 Å². The maximum atomic E-state index is 12.7. The normalized spacial score (nSPS) is 10.8. The zero-order valence-corrected chi connectivity index (χ0v) is 15.4. The molecule has 0 aliphatic rings. The Labute approximate surface area is 164 Å². The molecule has 1 amide bonds. The molecule has 28 heavy (non-hydrogen) atoms. The van der Waals surface area contributed by atoms with Crippen LogP contribution in [-0.2, 0) is 0 Å². The Morgan fingerprint density at radius 2 is 1.64 bits per heavy atom. The molecule has 0 saturated heterocycles. The van der Waals surface area contributed by atoms with Gasteiger partial charge in [0.2, 0.25) is 5.95 Å². The zero-order chi connectivity index (χ0) is 19.6. The monoisotopic (exact) mass is 374 g/mol. The highest BCUT2D eigenvalue weighted by atomic mass is 16.3. The summed E-state index contributed by atoms with van der Waals surface area (Å²) >= 11 is 0. The van der Waals surface area contributed by atoms with Gasteiger partial charge in [-0.2, -0.15) is 0 Å². The highest BCUT2D eigenvalue weighted by Gasteiger charge is 2.15. The number of nitrogens with zero attached hydrogens (tertiary/aromatic N) is 3. The van der Waals surface area contributed by atoms with Crippen LogP contribution < -0.4 is 5.32 Å². The number of nitrogens with one attached hydrogen (secondary N) is 1. The van der Waals surface area contributed by atoms with Gasteiger partial charge in [0.05, 0.1) is 12.2 Å². The summed E-state index contributed by atoms with van der Waals surface area (Å²) in [5.74, 6) is 0.193. The molecule has 0 aliphatic carbocycles. The minimum Gasteiger partial charge on any atom is -0.395 e. The fraction of sp³-hybridized carbons (Fsp3) is 0.136. The maximum absolute atomic E-state index is 12.7. The van der Waals surface area contributed by atoms with Crippen LogP contribution in [0.15, 0.2) is 79.1 Å². The van der Waals surface area contributed by atoms with E-state index in [4.69, 9.17) is 0 Å². The summed E-state index contributed by atoms with van der Waals surface area (Å²) in [6.07, 6.45) is 6.83. The molecule has 0 bridgehead atoms. The number of para-hydroxylation sites is 1. The molecule has 0 unspecified atom stereocenters. The van der Waals surface area contributed by atoms with Crippen molar-refractivity contribution in [2.24, 2.45) is 0 Å². The van der Waals surface area contributed by atoms with Crippen LogP contribution in [0, 0.1) is 0 Å². The maximum Gasteiger partial charge on any atom is 0.257 e. The van der Waals surface area contributed by atoms with E-state index in [1.807, 2.05) is 72.8 Å². The van der Waals surface area contributed by atoms with Crippen molar-refractivity contribution in [1.82, 2.24) is 14.9 Å². The van der Waals surface area contributed by atoms with Crippen LogP contribution >= 0.6 is 0 Å². The molecular weight excluding hydrogens is 352 g/mol. The van der Waals surface area contributed by atoms with Gasteiger partial charge in [0.25, 0.3) is 5.91 Å². The number of aliphatic hydroxyl groups excluding tert-OH is 1. The first-order valence-corrected chi connectivity index (χ1v) is 9.02. The minimum absolute atomic E-state index is 0.112. The second-order valence-corrected chi connectivity index (χ2v) is 6.07. The number of hydrogen-bond acceptors (Lipinski definition) is 5. The van der Waals surface area contributed by atoms with Crippen molar-refractivity contribution in [3.05, 3.63) is 90.3 Å². The first kappa shape index (κ1) is 19.3. The molecule has 0 atom stereocenters. The lowest BCUT2D eigenvalue weighted by Crippen LogP contribution is -2.33. The third-order valence-electron chi connectivity index (χ3n) is 4.02. The summed E-state index contributed by atoms with van der Waals surface area (Å²) in [5.41, 5.74) is 2.30. The van der Waals surface area contributed by atoms with Gasteiger partial charge < -0.3 is 15.3 Å². The summed E-state index contributed by atoms with van der Waals surface area (Å²) < 4.78 is 0. The molecule has 0 spiro atoms. The first-order chi connectivity index (χ1) is 13.8. The third-order valence-corrected chi connectivity index (χ3v) is 4.02. The predicted molar refractivity (Wildman–Crippen MR) is 110 cm³/mol. The number of anilines is 2. The van der Waals surface area contributed by atoms with Crippen LogP contribution in [0.5, 0.6) is 0 Å². The van der Waals surface area contributed by atoms with Crippen molar-refractivity contribution in [3.63, 3.8) is 0 Å². The Balaban J connectivity index is 1.64. The molecule has 0 saturated carbocycles. The van der Waals surface area contributed by atoms with Gasteiger partial charge in [0.15, 0.2) is 0 Å². The van der Waals surface area contributed by atoms with E-state index < -0.39 is 0 Å². The summed E-state index contributed by atoms with van der Waals surface area (Å²) in [7, 11) is 0. The van der Waals surface area contributed by atoms with Crippen molar-refractivity contribution < 1.29 is 9.90 Å². The topological polar surface area (TPSA) is 78.4 Å². The molecule has 1 aromatic heterocycles. The van der Waals surface area contributed by atoms with Gasteiger partial charge in [-0.1, -0.05) is 60.7 Å². The summed E-state index contributed by atoms with van der Waals surface area (Å²) in [5, 5.41) is 12.4. The molecule has 0 radical (unpaired) electrons. The zero-order valence-electron chi connectivity index (χ0n) is 15.4. The van der Waals surface area contributed by atoms with Crippen LogP contribution in [0.4, 0.5) is 11.6 Å².